The van der Waals surface area contributed by atoms with Gasteiger partial charge in [-0.25, -0.2) is 4.99 Å². The normalized spacial score (nSPS) is 16.2. The van der Waals surface area contributed by atoms with Gasteiger partial charge in [0.25, 0.3) is 5.91 Å². The van der Waals surface area contributed by atoms with Gasteiger partial charge >= 0.3 is 5.69 Å². The number of nitro groups is 1. The molecule has 3 aromatic rings. The van der Waals surface area contributed by atoms with Gasteiger partial charge in [-0.3, -0.25) is 19.8 Å². The van der Waals surface area contributed by atoms with Crippen molar-refractivity contribution >= 4 is 46.0 Å². The van der Waals surface area contributed by atoms with Crippen LogP contribution in [0.4, 0.5) is 17.1 Å². The van der Waals surface area contributed by atoms with E-state index in [4.69, 9.17) is 4.74 Å². The molecule has 31 heavy (non-hydrogen) atoms. The van der Waals surface area contributed by atoms with Crippen molar-refractivity contribution < 1.29 is 14.5 Å². The van der Waals surface area contributed by atoms with E-state index in [1.54, 1.807) is 17.0 Å². The first kappa shape index (κ1) is 20.4. The van der Waals surface area contributed by atoms with Crippen molar-refractivity contribution in [1.82, 2.24) is 0 Å². The van der Waals surface area contributed by atoms with E-state index in [9.17, 15) is 14.9 Å². The third kappa shape index (κ3) is 4.34. The molecule has 0 aromatic heterocycles. The van der Waals surface area contributed by atoms with E-state index in [0.717, 1.165) is 5.69 Å². The Balaban J connectivity index is 1.76. The first-order chi connectivity index (χ1) is 15.1. The van der Waals surface area contributed by atoms with Crippen LogP contribution >= 0.6 is 11.8 Å². The van der Waals surface area contributed by atoms with Crippen LogP contribution in [0.2, 0.25) is 0 Å². The van der Waals surface area contributed by atoms with Crippen molar-refractivity contribution in [2.24, 2.45) is 4.99 Å². The van der Waals surface area contributed by atoms with Gasteiger partial charge in [0.15, 0.2) is 10.9 Å². The van der Waals surface area contributed by atoms with Crippen LogP contribution in [0.5, 0.6) is 5.75 Å². The maximum absolute atomic E-state index is 13.3. The average molecular weight is 431 g/mol. The molecule has 1 amide bonds. The van der Waals surface area contributed by atoms with Crippen LogP contribution in [-0.2, 0) is 4.79 Å². The minimum absolute atomic E-state index is 0.162. The maximum atomic E-state index is 13.3. The summed E-state index contributed by atoms with van der Waals surface area (Å²) < 4.78 is 5.05. The Morgan fingerprint density at radius 3 is 2.35 bits per heavy atom. The lowest BCUT2D eigenvalue weighted by molar-refractivity contribution is -0.385. The number of ether oxygens (including phenoxy) is 1. The summed E-state index contributed by atoms with van der Waals surface area (Å²) in [5, 5.41) is 11.8. The Kier molecular flexibility index (Phi) is 5.81. The van der Waals surface area contributed by atoms with Crippen molar-refractivity contribution in [1.29, 1.82) is 0 Å². The van der Waals surface area contributed by atoms with Gasteiger partial charge < -0.3 is 4.74 Å². The number of amidine groups is 1. The predicted octanol–water partition coefficient (Wildman–Crippen LogP) is 5.41. The Labute approximate surface area is 182 Å². The van der Waals surface area contributed by atoms with Gasteiger partial charge in [-0.15, -0.1) is 0 Å². The second kappa shape index (κ2) is 8.85. The number of hydrogen-bond donors (Lipinski definition) is 0. The Morgan fingerprint density at radius 1 is 1.03 bits per heavy atom. The number of hydrogen-bond acceptors (Lipinski definition) is 6. The first-order valence-electron chi connectivity index (χ1n) is 9.32. The van der Waals surface area contributed by atoms with Crippen molar-refractivity contribution in [3.8, 4) is 5.75 Å². The smallest absolute Gasteiger partial charge is 0.311 e. The molecule has 1 heterocycles. The number of benzene rings is 3. The van der Waals surface area contributed by atoms with Crippen LogP contribution in [0, 0.1) is 10.1 Å². The molecule has 3 aromatic carbocycles. The topological polar surface area (TPSA) is 85.0 Å². The van der Waals surface area contributed by atoms with Crippen LogP contribution in [0.25, 0.3) is 6.08 Å². The highest BCUT2D eigenvalue weighted by molar-refractivity contribution is 8.19. The van der Waals surface area contributed by atoms with Crippen molar-refractivity contribution in [2.75, 3.05) is 12.0 Å². The summed E-state index contributed by atoms with van der Waals surface area (Å²) in [5.41, 5.74) is 1.78. The van der Waals surface area contributed by atoms with Gasteiger partial charge in [0.1, 0.15) is 0 Å². The fourth-order valence-corrected chi connectivity index (χ4v) is 4.06. The van der Waals surface area contributed by atoms with E-state index in [0.29, 0.717) is 21.3 Å². The molecular weight excluding hydrogens is 414 g/mol. The van der Waals surface area contributed by atoms with Gasteiger partial charge in [0, 0.05) is 6.07 Å². The van der Waals surface area contributed by atoms with Crippen LogP contribution < -0.4 is 9.64 Å². The van der Waals surface area contributed by atoms with E-state index in [-0.39, 0.29) is 17.3 Å². The Hall–Kier alpha value is -3.91. The molecule has 0 bridgehead atoms. The molecule has 1 aliphatic rings. The van der Waals surface area contributed by atoms with Crippen LogP contribution in [0.1, 0.15) is 5.56 Å². The van der Waals surface area contributed by atoms with Crippen molar-refractivity contribution in [3.63, 3.8) is 0 Å². The van der Waals surface area contributed by atoms with E-state index in [1.165, 1.54) is 31.0 Å². The zero-order valence-electron chi connectivity index (χ0n) is 16.5. The monoisotopic (exact) mass is 431 g/mol. The van der Waals surface area contributed by atoms with Crippen LogP contribution in [0.15, 0.2) is 88.8 Å². The fourth-order valence-electron chi connectivity index (χ4n) is 3.06. The molecule has 4 rings (SSSR count). The molecule has 0 unspecified atom stereocenters. The first-order valence-corrected chi connectivity index (χ1v) is 10.1. The van der Waals surface area contributed by atoms with E-state index >= 15 is 0 Å². The number of aliphatic imine (C=N–C) groups is 1. The average Bonchev–Trinajstić information content (AvgIpc) is 3.09. The van der Waals surface area contributed by atoms with Gasteiger partial charge in [-0.05, 0) is 53.7 Å². The van der Waals surface area contributed by atoms with Crippen LogP contribution in [-0.4, -0.2) is 23.1 Å². The van der Waals surface area contributed by atoms with E-state index in [2.05, 4.69) is 4.99 Å². The molecule has 1 aliphatic heterocycles. The Morgan fingerprint density at radius 2 is 1.71 bits per heavy atom. The van der Waals surface area contributed by atoms with Gasteiger partial charge in [-0.1, -0.05) is 42.5 Å². The van der Waals surface area contributed by atoms with E-state index in [1.807, 2.05) is 60.7 Å². The minimum Gasteiger partial charge on any atom is -0.490 e. The minimum atomic E-state index is -0.511. The second-order valence-electron chi connectivity index (χ2n) is 6.51. The molecule has 0 atom stereocenters. The van der Waals surface area contributed by atoms with Crippen molar-refractivity contribution in [2.45, 2.75) is 0 Å². The lowest BCUT2D eigenvalue weighted by Crippen LogP contribution is -2.28. The highest BCUT2D eigenvalue weighted by Gasteiger charge is 2.34. The summed E-state index contributed by atoms with van der Waals surface area (Å²) in [6.07, 6.45) is 1.63. The molecular formula is C23H17N3O4S. The fraction of sp³-hybridized carbons (Fsp3) is 0.0435. The van der Waals surface area contributed by atoms with Gasteiger partial charge in [0.2, 0.25) is 0 Å². The van der Waals surface area contributed by atoms with Gasteiger partial charge in [0.05, 0.1) is 28.3 Å². The maximum Gasteiger partial charge on any atom is 0.311 e. The molecule has 1 fully saturated rings. The molecule has 7 nitrogen and oxygen atoms in total. The standard InChI is InChI=1S/C23H17N3O4S/c1-30-20-13-12-16(14-19(20)26(28)29)15-21-22(27)25(18-10-6-3-7-11-18)23(31-21)24-17-8-4-2-5-9-17/h2-15H,1H3/b21-15+,24-23?. The summed E-state index contributed by atoms with van der Waals surface area (Å²) in [4.78, 5) is 30.7. The molecule has 0 saturated carbocycles. The van der Waals surface area contributed by atoms with Gasteiger partial charge in [-0.2, -0.15) is 0 Å². The summed E-state index contributed by atoms with van der Waals surface area (Å²) in [7, 11) is 1.38. The number of anilines is 1. The molecule has 0 N–H and O–H groups in total. The number of thioether (sulfide) groups is 1. The number of carbonyl (C=O) groups is 1. The molecule has 154 valence electrons. The molecule has 8 heteroatoms. The number of methoxy groups -OCH3 is 1. The Bertz CT molecular complexity index is 1190. The zero-order valence-corrected chi connectivity index (χ0v) is 17.3. The summed E-state index contributed by atoms with van der Waals surface area (Å²) in [6.45, 7) is 0. The highest BCUT2D eigenvalue weighted by atomic mass is 32.2. The summed E-state index contributed by atoms with van der Waals surface area (Å²) in [6, 6.07) is 23.2. The number of rotatable bonds is 5. The number of carbonyl (C=O) groups excluding carboxylic acids is 1. The van der Waals surface area contributed by atoms with Crippen LogP contribution in [0.3, 0.4) is 0 Å². The number of amides is 1. The largest absolute Gasteiger partial charge is 0.490 e. The quantitative estimate of drug-likeness (QED) is 0.306. The molecule has 0 radical (unpaired) electrons. The number of nitrogens with zero attached hydrogens (tertiary/aromatic N) is 3. The third-order valence-electron chi connectivity index (χ3n) is 4.50. The lowest BCUT2D eigenvalue weighted by atomic mass is 10.1. The molecule has 0 aliphatic carbocycles. The van der Waals surface area contributed by atoms with Crippen molar-refractivity contribution in [3.05, 3.63) is 99.4 Å². The number of para-hydroxylation sites is 2. The molecule has 1 saturated heterocycles. The summed E-state index contributed by atoms with van der Waals surface area (Å²) in [5.74, 6) is -0.0841. The summed E-state index contributed by atoms with van der Waals surface area (Å²) >= 11 is 1.22. The molecule has 0 spiro atoms. The highest BCUT2D eigenvalue weighted by Crippen LogP contribution is 2.38. The SMILES string of the molecule is COc1ccc(/C=C2/SC(=Nc3ccccc3)N(c3ccccc3)C2=O)cc1[N+](=O)[O-]. The predicted molar refractivity (Wildman–Crippen MR) is 123 cm³/mol. The lowest BCUT2D eigenvalue weighted by Gasteiger charge is -2.15. The number of nitro benzene ring substituents is 1. The zero-order chi connectivity index (χ0) is 21.8. The van der Waals surface area contributed by atoms with E-state index < -0.39 is 4.92 Å². The second-order valence-corrected chi connectivity index (χ2v) is 7.51. The third-order valence-corrected chi connectivity index (χ3v) is 5.47.